The van der Waals surface area contributed by atoms with Crippen molar-refractivity contribution < 1.29 is 42.4 Å². The third-order valence-electron chi connectivity index (χ3n) is 5.64. The highest BCUT2D eigenvalue weighted by molar-refractivity contribution is 5.97. The van der Waals surface area contributed by atoms with Gasteiger partial charge in [-0.2, -0.15) is 0 Å². The Labute approximate surface area is 225 Å². The molecule has 39 heavy (non-hydrogen) atoms. The molecule has 0 N–H and O–H groups in total. The van der Waals surface area contributed by atoms with Crippen LogP contribution in [-0.2, 0) is 14.2 Å². The molecule has 2 heterocycles. The molecule has 4 rings (SSSR count). The molecule has 0 aliphatic carbocycles. The molecule has 0 saturated carbocycles. The molecule has 1 aliphatic heterocycles. The smallest absolute Gasteiger partial charge is 0.338 e. The van der Waals surface area contributed by atoms with Crippen LogP contribution in [0.2, 0.25) is 0 Å². The molecule has 0 radical (unpaired) electrons. The van der Waals surface area contributed by atoms with Crippen LogP contribution >= 0.6 is 0 Å². The average molecular weight is 539 g/mol. The minimum absolute atomic E-state index is 0.0585. The third-order valence-corrected chi connectivity index (χ3v) is 5.64. The van der Waals surface area contributed by atoms with Gasteiger partial charge in [-0.05, 0) is 37.3 Å². The fourth-order valence-corrected chi connectivity index (χ4v) is 3.95. The predicted molar refractivity (Wildman–Crippen MR) is 142 cm³/mol. The zero-order valence-corrected chi connectivity index (χ0v) is 22.5. The number of carbonyl (C=O) groups is 1. The molecule has 0 amide bonds. The lowest BCUT2D eigenvalue weighted by Crippen LogP contribution is -2.21. The Hall–Kier alpha value is -4.60. The van der Waals surface area contributed by atoms with E-state index < -0.39 is 17.2 Å². The number of benzene rings is 2. The number of fused-ring (bicyclic) bond motifs is 1. The van der Waals surface area contributed by atoms with E-state index in [-0.39, 0.29) is 53.6 Å². The van der Waals surface area contributed by atoms with Crippen LogP contribution in [0.3, 0.4) is 0 Å². The van der Waals surface area contributed by atoms with Gasteiger partial charge in [-0.15, -0.1) is 0 Å². The van der Waals surface area contributed by atoms with Crippen molar-refractivity contribution in [3.63, 3.8) is 0 Å². The first-order valence-electron chi connectivity index (χ1n) is 12.2. The van der Waals surface area contributed by atoms with Crippen LogP contribution in [0.25, 0.3) is 22.3 Å². The van der Waals surface area contributed by atoms with Crippen molar-refractivity contribution in [1.82, 2.24) is 0 Å². The lowest BCUT2D eigenvalue weighted by atomic mass is 10.1. The van der Waals surface area contributed by atoms with Gasteiger partial charge in [0.15, 0.2) is 23.0 Å². The first kappa shape index (κ1) is 27.4. The van der Waals surface area contributed by atoms with Gasteiger partial charge in [-0.25, -0.2) is 4.79 Å². The summed E-state index contributed by atoms with van der Waals surface area (Å²) >= 11 is 0. The normalized spacial score (nSPS) is 13.6. The fourth-order valence-electron chi connectivity index (χ4n) is 3.95. The SMILES string of the molecule is C=CCOc1cc(-c2oc3cc(C(=O)OCC)cc(OCC4=COC(C)(C)O4)c3c(=O)c2OC)ccc1OC. The monoisotopic (exact) mass is 538 g/mol. The Kier molecular flexibility index (Phi) is 8.04. The number of hydrogen-bond donors (Lipinski definition) is 0. The minimum atomic E-state index is -0.836. The first-order valence-corrected chi connectivity index (χ1v) is 12.2. The quantitative estimate of drug-likeness (QED) is 0.238. The predicted octanol–water partition coefficient (Wildman–Crippen LogP) is 5.22. The number of carbonyl (C=O) groups excluding carboxylic acids is 1. The van der Waals surface area contributed by atoms with Crippen LogP contribution in [0.1, 0.15) is 31.1 Å². The van der Waals surface area contributed by atoms with E-state index >= 15 is 0 Å². The Morgan fingerprint density at radius 1 is 1.05 bits per heavy atom. The Morgan fingerprint density at radius 3 is 2.49 bits per heavy atom. The largest absolute Gasteiger partial charge is 0.493 e. The summed E-state index contributed by atoms with van der Waals surface area (Å²) < 4.78 is 45.0. The molecule has 0 bridgehead atoms. The summed E-state index contributed by atoms with van der Waals surface area (Å²) in [5, 5.41) is 0.0825. The summed E-state index contributed by atoms with van der Waals surface area (Å²) in [5.41, 5.74) is 0.222. The van der Waals surface area contributed by atoms with Crippen molar-refractivity contribution in [2.45, 2.75) is 26.6 Å². The van der Waals surface area contributed by atoms with Crippen LogP contribution in [0, 0.1) is 0 Å². The lowest BCUT2D eigenvalue weighted by Gasteiger charge is -2.18. The van der Waals surface area contributed by atoms with Gasteiger partial charge in [0.2, 0.25) is 17.0 Å². The molecule has 1 aromatic heterocycles. The van der Waals surface area contributed by atoms with Crippen molar-refractivity contribution in [1.29, 1.82) is 0 Å². The van der Waals surface area contributed by atoms with Gasteiger partial charge in [0.1, 0.15) is 36.2 Å². The summed E-state index contributed by atoms with van der Waals surface area (Å²) in [7, 11) is 2.88. The number of rotatable bonds is 11. The summed E-state index contributed by atoms with van der Waals surface area (Å²) in [6, 6.07) is 7.89. The molecule has 2 aromatic carbocycles. The maximum atomic E-state index is 13.7. The van der Waals surface area contributed by atoms with Crippen LogP contribution in [0.15, 0.2) is 64.2 Å². The standard InChI is InChI=1S/C29H30O10/c1-7-11-35-21-12-17(9-10-20(21)32-5)26-27(33-6)25(30)24-22(36-15-19-16-37-29(3,4)39-19)13-18(14-23(24)38-26)28(31)34-8-2/h7,9-10,12-14,16H,1,8,11,15H2,2-6H3. The second-order valence-corrected chi connectivity index (χ2v) is 8.82. The van der Waals surface area contributed by atoms with E-state index in [1.165, 1.54) is 32.6 Å². The van der Waals surface area contributed by atoms with E-state index in [0.29, 0.717) is 22.8 Å². The first-order chi connectivity index (χ1) is 18.7. The van der Waals surface area contributed by atoms with Crippen LogP contribution in [0.4, 0.5) is 0 Å². The second kappa shape index (κ2) is 11.4. The van der Waals surface area contributed by atoms with Gasteiger partial charge < -0.3 is 37.6 Å². The van der Waals surface area contributed by atoms with E-state index in [4.69, 9.17) is 37.6 Å². The summed E-state index contributed by atoms with van der Waals surface area (Å²) in [6.45, 7) is 9.21. The Balaban J connectivity index is 1.87. The molecule has 206 valence electrons. The van der Waals surface area contributed by atoms with Crippen LogP contribution in [-0.4, -0.2) is 45.8 Å². The zero-order valence-electron chi connectivity index (χ0n) is 22.5. The third kappa shape index (κ3) is 5.79. The van der Waals surface area contributed by atoms with Crippen molar-refractivity contribution in [3.05, 3.63) is 70.8 Å². The van der Waals surface area contributed by atoms with E-state index in [1.807, 2.05) is 0 Å². The van der Waals surface area contributed by atoms with Gasteiger partial charge in [0, 0.05) is 19.4 Å². The molecule has 3 aromatic rings. The summed E-state index contributed by atoms with van der Waals surface area (Å²) in [6.07, 6.45) is 3.04. The molecule has 1 aliphatic rings. The molecule has 0 spiro atoms. The van der Waals surface area contributed by atoms with Crippen molar-refractivity contribution in [3.8, 4) is 34.3 Å². The van der Waals surface area contributed by atoms with Crippen molar-refractivity contribution in [2.75, 3.05) is 34.0 Å². The number of hydrogen-bond acceptors (Lipinski definition) is 10. The molecular weight excluding hydrogens is 508 g/mol. The minimum Gasteiger partial charge on any atom is -0.493 e. The molecule has 10 heteroatoms. The molecule has 10 nitrogen and oxygen atoms in total. The van der Waals surface area contributed by atoms with Gasteiger partial charge in [0.25, 0.3) is 0 Å². The highest BCUT2D eigenvalue weighted by Gasteiger charge is 2.29. The van der Waals surface area contributed by atoms with Gasteiger partial charge >= 0.3 is 5.97 Å². The number of esters is 1. The molecule has 0 saturated heterocycles. The number of ether oxygens (including phenoxy) is 7. The highest BCUT2D eigenvalue weighted by atomic mass is 16.7. The maximum Gasteiger partial charge on any atom is 0.338 e. The topological polar surface area (TPSA) is 112 Å². The van der Waals surface area contributed by atoms with Gasteiger partial charge in [-0.1, -0.05) is 12.7 Å². The van der Waals surface area contributed by atoms with Crippen molar-refractivity contribution >= 4 is 16.9 Å². The van der Waals surface area contributed by atoms with Gasteiger partial charge in [0.05, 0.1) is 26.4 Å². The van der Waals surface area contributed by atoms with E-state index in [9.17, 15) is 9.59 Å². The molecule has 0 unspecified atom stereocenters. The lowest BCUT2D eigenvalue weighted by molar-refractivity contribution is -0.119. The van der Waals surface area contributed by atoms with E-state index in [0.717, 1.165) is 0 Å². The summed E-state index contributed by atoms with van der Waals surface area (Å²) in [5.74, 6) is 0.0345. The fraction of sp³-hybridized carbons (Fsp3) is 0.310. The molecule has 0 fully saturated rings. The molecular formula is C29H30O10. The maximum absolute atomic E-state index is 13.7. The van der Waals surface area contributed by atoms with E-state index in [1.54, 1.807) is 45.0 Å². The van der Waals surface area contributed by atoms with Crippen molar-refractivity contribution in [2.24, 2.45) is 0 Å². The van der Waals surface area contributed by atoms with Crippen LogP contribution < -0.4 is 24.4 Å². The van der Waals surface area contributed by atoms with Crippen LogP contribution in [0.5, 0.6) is 23.0 Å². The van der Waals surface area contributed by atoms with Gasteiger partial charge in [-0.3, -0.25) is 4.79 Å². The summed E-state index contributed by atoms with van der Waals surface area (Å²) in [4.78, 5) is 26.4. The zero-order chi connectivity index (χ0) is 28.2. The van der Waals surface area contributed by atoms with E-state index in [2.05, 4.69) is 6.58 Å². The Morgan fingerprint density at radius 2 is 1.85 bits per heavy atom. The second-order valence-electron chi connectivity index (χ2n) is 8.82. The number of methoxy groups -OCH3 is 2. The Bertz CT molecular complexity index is 1480. The highest BCUT2D eigenvalue weighted by Crippen LogP contribution is 2.39. The molecule has 0 atom stereocenters. The average Bonchev–Trinajstić information content (AvgIpc) is 3.28.